The van der Waals surface area contributed by atoms with Crippen molar-refractivity contribution in [3.63, 3.8) is 0 Å². The van der Waals surface area contributed by atoms with Crippen LogP contribution in [-0.2, 0) is 6.42 Å². The molecule has 4 nitrogen and oxygen atoms in total. The van der Waals surface area contributed by atoms with Crippen LogP contribution < -0.4 is 5.73 Å². The SMILES string of the molecule is CC(C)CCc1noc(C(N)CC(C)C)n1. The average molecular weight is 225 g/mol. The van der Waals surface area contributed by atoms with Crippen LogP contribution in [0.15, 0.2) is 4.52 Å². The zero-order valence-corrected chi connectivity index (χ0v) is 10.7. The fourth-order valence-electron chi connectivity index (χ4n) is 1.55. The Balaban J connectivity index is 2.50. The Hall–Kier alpha value is -0.900. The van der Waals surface area contributed by atoms with E-state index in [-0.39, 0.29) is 6.04 Å². The highest BCUT2D eigenvalue weighted by Gasteiger charge is 2.15. The minimum atomic E-state index is -0.125. The lowest BCUT2D eigenvalue weighted by Gasteiger charge is -2.08. The van der Waals surface area contributed by atoms with E-state index in [0.717, 1.165) is 25.1 Å². The number of hydrogen-bond acceptors (Lipinski definition) is 4. The van der Waals surface area contributed by atoms with E-state index >= 15 is 0 Å². The van der Waals surface area contributed by atoms with Gasteiger partial charge in [-0.1, -0.05) is 32.9 Å². The van der Waals surface area contributed by atoms with Crippen molar-refractivity contribution >= 4 is 0 Å². The zero-order valence-electron chi connectivity index (χ0n) is 10.7. The summed E-state index contributed by atoms with van der Waals surface area (Å²) in [5, 5.41) is 3.95. The van der Waals surface area contributed by atoms with Crippen molar-refractivity contribution < 1.29 is 4.52 Å². The van der Waals surface area contributed by atoms with E-state index in [0.29, 0.717) is 17.7 Å². The van der Waals surface area contributed by atoms with Crippen LogP contribution in [-0.4, -0.2) is 10.1 Å². The van der Waals surface area contributed by atoms with E-state index in [1.165, 1.54) is 0 Å². The van der Waals surface area contributed by atoms with Gasteiger partial charge in [0.1, 0.15) is 0 Å². The fourth-order valence-corrected chi connectivity index (χ4v) is 1.55. The number of nitrogens with zero attached hydrogens (tertiary/aromatic N) is 2. The second kappa shape index (κ2) is 5.99. The van der Waals surface area contributed by atoms with Gasteiger partial charge in [0.05, 0.1) is 6.04 Å². The Morgan fingerprint density at radius 1 is 1.19 bits per heavy atom. The highest BCUT2D eigenvalue weighted by molar-refractivity contribution is 4.92. The molecule has 0 aromatic carbocycles. The first-order valence-electron chi connectivity index (χ1n) is 6.07. The van der Waals surface area contributed by atoms with Gasteiger partial charge in [-0.15, -0.1) is 0 Å². The Bertz CT molecular complexity index is 307. The van der Waals surface area contributed by atoms with E-state index in [4.69, 9.17) is 10.3 Å². The molecule has 0 aliphatic rings. The standard InChI is InChI=1S/C12H23N3O/c1-8(2)5-6-11-14-12(16-15-11)10(13)7-9(3)4/h8-10H,5-7,13H2,1-4H3. The largest absolute Gasteiger partial charge is 0.338 e. The molecule has 1 aromatic rings. The van der Waals surface area contributed by atoms with Crippen LogP contribution in [0.1, 0.15) is 58.3 Å². The summed E-state index contributed by atoms with van der Waals surface area (Å²) in [5.41, 5.74) is 5.97. The summed E-state index contributed by atoms with van der Waals surface area (Å²) < 4.78 is 5.17. The van der Waals surface area contributed by atoms with Gasteiger partial charge in [0, 0.05) is 6.42 Å². The molecule has 0 radical (unpaired) electrons. The molecule has 0 saturated carbocycles. The molecule has 2 N–H and O–H groups in total. The third-order valence-corrected chi connectivity index (χ3v) is 2.47. The average Bonchev–Trinajstić information content (AvgIpc) is 2.61. The van der Waals surface area contributed by atoms with Crippen LogP contribution in [0.25, 0.3) is 0 Å². The fraction of sp³-hybridized carbons (Fsp3) is 0.833. The van der Waals surface area contributed by atoms with Crippen LogP contribution in [0.4, 0.5) is 0 Å². The molecule has 1 heterocycles. The molecule has 0 saturated heterocycles. The Labute approximate surface area is 97.6 Å². The van der Waals surface area contributed by atoms with E-state index in [1.807, 2.05) is 0 Å². The first-order valence-corrected chi connectivity index (χ1v) is 6.07. The van der Waals surface area contributed by atoms with Crippen LogP contribution in [0.5, 0.6) is 0 Å². The maximum atomic E-state index is 5.97. The number of hydrogen-bond donors (Lipinski definition) is 1. The minimum Gasteiger partial charge on any atom is -0.338 e. The van der Waals surface area contributed by atoms with Crippen LogP contribution in [0.3, 0.4) is 0 Å². The summed E-state index contributed by atoms with van der Waals surface area (Å²) >= 11 is 0. The highest BCUT2D eigenvalue weighted by Crippen LogP contribution is 2.17. The first kappa shape index (κ1) is 13.2. The molecule has 0 bridgehead atoms. The van der Waals surface area contributed by atoms with Crippen molar-refractivity contribution in [2.75, 3.05) is 0 Å². The van der Waals surface area contributed by atoms with E-state index < -0.39 is 0 Å². The Kier molecular flexibility index (Phi) is 4.93. The van der Waals surface area contributed by atoms with Gasteiger partial charge < -0.3 is 10.3 Å². The van der Waals surface area contributed by atoms with Gasteiger partial charge in [-0.05, 0) is 24.7 Å². The molecule has 0 aliphatic carbocycles. The van der Waals surface area contributed by atoms with Crippen molar-refractivity contribution in [3.8, 4) is 0 Å². The van der Waals surface area contributed by atoms with E-state index in [2.05, 4.69) is 37.8 Å². The Morgan fingerprint density at radius 3 is 2.44 bits per heavy atom. The zero-order chi connectivity index (χ0) is 12.1. The summed E-state index contributed by atoms with van der Waals surface area (Å²) in [5.74, 6) is 2.56. The van der Waals surface area contributed by atoms with Crippen molar-refractivity contribution in [2.24, 2.45) is 17.6 Å². The third kappa shape index (κ3) is 4.31. The molecule has 0 spiro atoms. The highest BCUT2D eigenvalue weighted by atomic mass is 16.5. The lowest BCUT2D eigenvalue weighted by Crippen LogP contribution is -2.13. The Morgan fingerprint density at radius 2 is 1.88 bits per heavy atom. The molecule has 1 aromatic heterocycles. The van der Waals surface area contributed by atoms with Crippen molar-refractivity contribution in [2.45, 2.75) is 53.0 Å². The monoisotopic (exact) mass is 225 g/mol. The first-order chi connectivity index (χ1) is 7.49. The molecular weight excluding hydrogens is 202 g/mol. The number of aryl methyl sites for hydroxylation is 1. The molecule has 0 amide bonds. The summed E-state index contributed by atoms with van der Waals surface area (Å²) in [6, 6.07) is -0.125. The van der Waals surface area contributed by atoms with Gasteiger partial charge >= 0.3 is 0 Å². The van der Waals surface area contributed by atoms with Crippen LogP contribution >= 0.6 is 0 Å². The predicted octanol–water partition coefficient (Wildman–Crippen LogP) is 2.70. The van der Waals surface area contributed by atoms with Gasteiger partial charge in [-0.3, -0.25) is 0 Å². The second-order valence-electron chi connectivity index (χ2n) is 5.22. The van der Waals surface area contributed by atoms with Gasteiger partial charge in [0.15, 0.2) is 5.82 Å². The van der Waals surface area contributed by atoms with Crippen molar-refractivity contribution in [1.82, 2.24) is 10.1 Å². The van der Waals surface area contributed by atoms with E-state index in [1.54, 1.807) is 0 Å². The van der Waals surface area contributed by atoms with Crippen molar-refractivity contribution in [3.05, 3.63) is 11.7 Å². The molecule has 0 fully saturated rings. The normalized spacial score (nSPS) is 13.7. The van der Waals surface area contributed by atoms with E-state index in [9.17, 15) is 0 Å². The summed E-state index contributed by atoms with van der Waals surface area (Å²) in [6.07, 6.45) is 2.83. The summed E-state index contributed by atoms with van der Waals surface area (Å²) in [6.45, 7) is 8.64. The number of rotatable bonds is 6. The lowest BCUT2D eigenvalue weighted by molar-refractivity contribution is 0.332. The van der Waals surface area contributed by atoms with Gasteiger partial charge in [-0.25, -0.2) is 0 Å². The lowest BCUT2D eigenvalue weighted by atomic mass is 10.0. The van der Waals surface area contributed by atoms with Crippen LogP contribution in [0, 0.1) is 11.8 Å². The number of aromatic nitrogens is 2. The molecule has 1 rings (SSSR count). The summed E-state index contributed by atoms with van der Waals surface area (Å²) in [4.78, 5) is 4.33. The van der Waals surface area contributed by atoms with Gasteiger partial charge in [-0.2, -0.15) is 4.98 Å². The third-order valence-electron chi connectivity index (χ3n) is 2.47. The van der Waals surface area contributed by atoms with Crippen molar-refractivity contribution in [1.29, 1.82) is 0 Å². The molecule has 4 heteroatoms. The molecule has 16 heavy (non-hydrogen) atoms. The molecule has 1 unspecified atom stereocenters. The quantitative estimate of drug-likeness (QED) is 0.808. The summed E-state index contributed by atoms with van der Waals surface area (Å²) in [7, 11) is 0. The smallest absolute Gasteiger partial charge is 0.243 e. The molecule has 0 aliphatic heterocycles. The van der Waals surface area contributed by atoms with Gasteiger partial charge in [0.25, 0.3) is 0 Å². The maximum Gasteiger partial charge on any atom is 0.243 e. The van der Waals surface area contributed by atoms with Gasteiger partial charge in [0.2, 0.25) is 5.89 Å². The molecular formula is C12H23N3O. The topological polar surface area (TPSA) is 64.9 Å². The predicted molar refractivity (Wildman–Crippen MR) is 63.8 cm³/mol. The minimum absolute atomic E-state index is 0.125. The van der Waals surface area contributed by atoms with Crippen LogP contribution in [0.2, 0.25) is 0 Å². The molecule has 92 valence electrons. The second-order valence-corrected chi connectivity index (χ2v) is 5.22. The molecule has 1 atom stereocenters. The number of nitrogens with two attached hydrogens (primary N) is 1. The maximum absolute atomic E-state index is 5.97.